The average Bonchev–Trinajstić information content (AvgIpc) is 2.62. The Hall–Kier alpha value is 0.0175. The van der Waals surface area contributed by atoms with Gasteiger partial charge >= 0.3 is 0 Å². The predicted octanol–water partition coefficient (Wildman–Crippen LogP) is 5.62. The first-order valence-corrected chi connectivity index (χ1v) is 21.6. The molecular formula is C21H47NO5Si4. The van der Waals surface area contributed by atoms with Gasteiger partial charge < -0.3 is 22.9 Å². The zero-order valence-corrected chi connectivity index (χ0v) is 25.2. The molecule has 0 aromatic carbocycles. The Morgan fingerprint density at radius 2 is 1.35 bits per heavy atom. The van der Waals surface area contributed by atoms with Crippen LogP contribution < -0.4 is 0 Å². The van der Waals surface area contributed by atoms with Crippen molar-refractivity contribution in [2.75, 3.05) is 20.6 Å². The molecule has 0 rings (SSSR count). The van der Waals surface area contributed by atoms with E-state index in [0.717, 1.165) is 38.1 Å². The quantitative estimate of drug-likeness (QED) is 0.0984. The Labute approximate surface area is 195 Å². The van der Waals surface area contributed by atoms with Crippen molar-refractivity contribution in [3.63, 3.8) is 0 Å². The van der Waals surface area contributed by atoms with Crippen molar-refractivity contribution in [1.29, 1.82) is 0 Å². The van der Waals surface area contributed by atoms with Crippen molar-refractivity contribution in [2.45, 2.75) is 108 Å². The van der Waals surface area contributed by atoms with Gasteiger partial charge in [0.05, 0.1) is 20.6 Å². The number of hydrogen-bond donors (Lipinski definition) is 0. The molecule has 0 radical (unpaired) electrons. The number of unbranched alkanes of at least 4 members (excludes halogenated alkanes) is 3. The molecule has 0 aliphatic rings. The van der Waals surface area contributed by atoms with Gasteiger partial charge in [0.2, 0.25) is 0 Å². The standard InChI is InChI=1S/C21H47NO5Si4/c1-8-28(25)19-31(20-29(26)9-2,27-30(5,6)7)18-14-12-16-21(23)15-11-10-13-17-22(3,4)24/h8-20H2,1-7H3. The minimum Gasteiger partial charge on any atom is -0.633 e. The van der Waals surface area contributed by atoms with Gasteiger partial charge in [0, 0.05) is 24.2 Å². The molecule has 0 saturated carbocycles. The van der Waals surface area contributed by atoms with Gasteiger partial charge in [-0.1, -0.05) is 20.3 Å². The summed E-state index contributed by atoms with van der Waals surface area (Å²) in [6, 6.07) is 2.23. The van der Waals surface area contributed by atoms with Crippen LogP contribution in [0.2, 0.25) is 49.1 Å². The van der Waals surface area contributed by atoms with E-state index < -0.39 is 34.0 Å². The Morgan fingerprint density at radius 1 is 0.871 bits per heavy atom. The molecule has 0 bridgehead atoms. The third-order valence-electron chi connectivity index (χ3n) is 5.34. The number of ketones is 1. The van der Waals surface area contributed by atoms with Gasteiger partial charge in [0.25, 0.3) is 17.4 Å². The van der Waals surface area contributed by atoms with Crippen LogP contribution in [0.15, 0.2) is 0 Å². The van der Waals surface area contributed by atoms with Crippen molar-refractivity contribution < 1.29 is 22.5 Å². The predicted molar refractivity (Wildman–Crippen MR) is 136 cm³/mol. The zero-order valence-electron chi connectivity index (χ0n) is 21.2. The largest absolute Gasteiger partial charge is 0.633 e. The summed E-state index contributed by atoms with van der Waals surface area (Å²) in [7, 11) is -4.28. The van der Waals surface area contributed by atoms with E-state index >= 15 is 0 Å². The van der Waals surface area contributed by atoms with Crippen LogP contribution in [0, 0.1) is 5.21 Å². The first-order valence-electron chi connectivity index (χ1n) is 12.0. The maximum atomic E-state index is 12.5. The highest BCUT2D eigenvalue weighted by atomic mass is 28.5. The van der Waals surface area contributed by atoms with Gasteiger partial charge in [-0.05, 0) is 63.5 Å². The van der Waals surface area contributed by atoms with E-state index in [1.165, 1.54) is 0 Å². The maximum Gasteiger partial charge on any atom is 0.275 e. The lowest BCUT2D eigenvalue weighted by Crippen LogP contribution is -2.50. The number of carbonyl (C=O) groups is 1. The van der Waals surface area contributed by atoms with Gasteiger partial charge in [0.1, 0.15) is 5.78 Å². The molecule has 0 amide bonds. The Bertz CT molecular complexity index is 555. The summed E-state index contributed by atoms with van der Waals surface area (Å²) >= 11 is 0. The monoisotopic (exact) mass is 505 g/mol. The molecule has 0 aromatic heterocycles. The molecule has 0 saturated heterocycles. The third kappa shape index (κ3) is 17.2. The fourth-order valence-electron chi connectivity index (χ4n) is 3.87. The Kier molecular flexibility index (Phi) is 15.0. The van der Waals surface area contributed by atoms with E-state index in [9.17, 15) is 18.9 Å². The van der Waals surface area contributed by atoms with Crippen molar-refractivity contribution in [3.8, 4) is 0 Å². The molecule has 0 spiro atoms. The van der Waals surface area contributed by atoms with Crippen LogP contribution in [0.1, 0.15) is 58.8 Å². The first kappa shape index (κ1) is 31.0. The molecule has 0 N–H and O–H groups in total. The summed E-state index contributed by atoms with van der Waals surface area (Å²) in [5.74, 6) is 0.290. The number of carbonyl (C=O) groups excluding carboxylic acids is 1. The van der Waals surface area contributed by atoms with Crippen LogP contribution >= 0.6 is 0 Å². The van der Waals surface area contributed by atoms with Crippen molar-refractivity contribution in [3.05, 3.63) is 5.21 Å². The molecule has 0 unspecified atom stereocenters. The lowest BCUT2D eigenvalue weighted by Gasteiger charge is -2.37. The van der Waals surface area contributed by atoms with Crippen LogP contribution in [-0.4, -0.2) is 65.1 Å². The second kappa shape index (κ2) is 15.0. The van der Waals surface area contributed by atoms with Crippen molar-refractivity contribution in [2.24, 2.45) is 0 Å². The molecular weight excluding hydrogens is 459 g/mol. The van der Waals surface area contributed by atoms with E-state index in [0.29, 0.717) is 48.6 Å². The highest BCUT2D eigenvalue weighted by molar-refractivity contribution is 6.94. The minimum absolute atomic E-state index is 0.270. The normalized spacial score (nSPS) is 12.8. The topological polar surface area (TPSA) is 83.5 Å². The second-order valence-electron chi connectivity index (χ2n) is 10.4. The average molecular weight is 506 g/mol. The zero-order chi connectivity index (χ0) is 24.1. The number of hydroxylamine groups is 3. The van der Waals surface area contributed by atoms with Gasteiger partial charge in [-0.3, -0.25) is 4.79 Å². The fourth-order valence-corrected chi connectivity index (χ4v) is 23.0. The Balaban J connectivity index is 4.71. The molecule has 0 aromatic rings. The molecule has 0 aliphatic heterocycles. The summed E-state index contributed by atoms with van der Waals surface area (Å²) in [6.45, 7) is 11.0. The summed E-state index contributed by atoms with van der Waals surface area (Å²) in [6.07, 6.45) is 5.52. The second-order valence-corrected chi connectivity index (χ2v) is 24.7. The van der Waals surface area contributed by atoms with Gasteiger partial charge in [-0.15, -0.1) is 0 Å². The van der Waals surface area contributed by atoms with Crippen LogP contribution in [-0.2, 0) is 17.8 Å². The number of rotatable bonds is 19. The van der Waals surface area contributed by atoms with Crippen LogP contribution in [0.5, 0.6) is 0 Å². The lowest BCUT2D eigenvalue weighted by molar-refractivity contribution is -0.840. The van der Waals surface area contributed by atoms with E-state index in [1.54, 1.807) is 14.1 Å². The van der Waals surface area contributed by atoms with Crippen molar-refractivity contribution in [1.82, 2.24) is 0 Å². The van der Waals surface area contributed by atoms with Crippen LogP contribution in [0.4, 0.5) is 0 Å². The Morgan fingerprint density at radius 3 is 1.77 bits per heavy atom. The molecule has 0 aliphatic carbocycles. The molecule has 6 nitrogen and oxygen atoms in total. The molecule has 182 valence electrons. The molecule has 0 heterocycles. The summed E-state index contributed by atoms with van der Waals surface area (Å²) < 4.78 is 31.5. The van der Waals surface area contributed by atoms with E-state index in [1.807, 2.05) is 13.8 Å². The number of hydrogen-bond acceptors (Lipinski definition) is 5. The smallest absolute Gasteiger partial charge is 0.275 e. The highest BCUT2D eigenvalue weighted by Crippen LogP contribution is 2.30. The molecule has 31 heavy (non-hydrogen) atoms. The van der Waals surface area contributed by atoms with Crippen LogP contribution in [0.25, 0.3) is 0 Å². The van der Waals surface area contributed by atoms with Gasteiger partial charge in [-0.25, -0.2) is 0 Å². The van der Waals surface area contributed by atoms with Crippen molar-refractivity contribution >= 4 is 39.8 Å². The molecule has 0 atom stereocenters. The summed E-state index contributed by atoms with van der Waals surface area (Å²) in [4.78, 5) is 12.2. The first-order chi connectivity index (χ1) is 14.2. The number of quaternary nitrogens is 1. The van der Waals surface area contributed by atoms with E-state index in [-0.39, 0.29) is 4.65 Å². The highest BCUT2D eigenvalue weighted by Gasteiger charge is 2.42. The van der Waals surface area contributed by atoms with Gasteiger partial charge in [-0.2, -0.15) is 0 Å². The number of Topliss-reactive ketones (excluding diaryl/α,β-unsaturated/α-hetero) is 1. The van der Waals surface area contributed by atoms with Gasteiger partial charge in [0.15, 0.2) is 16.6 Å². The fraction of sp³-hybridized carbons (Fsp3) is 0.952. The molecule has 0 fully saturated rings. The van der Waals surface area contributed by atoms with Crippen LogP contribution in [0.3, 0.4) is 0 Å². The third-order valence-corrected chi connectivity index (χ3v) is 20.7. The maximum absolute atomic E-state index is 12.5. The van der Waals surface area contributed by atoms with E-state index in [4.69, 9.17) is 4.12 Å². The molecule has 10 heteroatoms. The minimum atomic E-state index is -2.34. The van der Waals surface area contributed by atoms with E-state index in [2.05, 4.69) is 19.6 Å². The lowest BCUT2D eigenvalue weighted by atomic mass is 10.1. The summed E-state index contributed by atoms with van der Waals surface area (Å²) in [5, 5.41) is 11.5. The summed E-state index contributed by atoms with van der Waals surface area (Å²) in [5.41, 5.74) is 1.30. The SMILES string of the molecule is CC[Si](=O)C[Si](CCCCC(=O)CCCCC[N+](C)(C)[O-])(C[Si](=O)CC)O[Si](C)(C)C. The number of nitrogens with zero attached hydrogens (tertiary/aromatic N) is 1.